The highest BCUT2D eigenvalue weighted by Crippen LogP contribution is 2.18. The van der Waals surface area contributed by atoms with E-state index in [4.69, 9.17) is 14.2 Å². The first kappa shape index (κ1) is 75.1. The maximum Gasteiger partial charge on any atom is 0.306 e. The second-order valence-corrected chi connectivity index (χ2v) is 23.1. The number of carbonyl (C=O) groups excluding carboxylic acids is 3. The minimum Gasteiger partial charge on any atom is -0.462 e. The zero-order valence-electron chi connectivity index (χ0n) is 52.2. The lowest BCUT2D eigenvalue weighted by Crippen LogP contribution is -2.30. The molecular weight excluding hydrogens is 961 g/mol. The highest BCUT2D eigenvalue weighted by Gasteiger charge is 2.19. The van der Waals surface area contributed by atoms with Crippen molar-refractivity contribution >= 4 is 17.9 Å². The Hall–Kier alpha value is -2.89. The monoisotopic (exact) mass is 1090 g/mol. The molecule has 0 saturated carbocycles. The van der Waals surface area contributed by atoms with Gasteiger partial charge in [0, 0.05) is 19.3 Å². The van der Waals surface area contributed by atoms with E-state index in [2.05, 4.69) is 81.5 Å². The molecule has 6 heteroatoms. The highest BCUT2D eigenvalue weighted by atomic mass is 16.6. The molecule has 0 aromatic heterocycles. The van der Waals surface area contributed by atoms with Crippen LogP contribution in [0.1, 0.15) is 361 Å². The summed E-state index contributed by atoms with van der Waals surface area (Å²) in [5, 5.41) is 0. The van der Waals surface area contributed by atoms with Crippen molar-refractivity contribution in [3.8, 4) is 0 Å². The van der Waals surface area contributed by atoms with E-state index in [0.29, 0.717) is 19.3 Å². The summed E-state index contributed by atoms with van der Waals surface area (Å²) in [6, 6.07) is 0. The Kier molecular flexibility index (Phi) is 64.2. The Balaban J connectivity index is 4.00. The van der Waals surface area contributed by atoms with Gasteiger partial charge in [0.05, 0.1) is 0 Å². The van der Waals surface area contributed by atoms with Crippen LogP contribution in [-0.2, 0) is 28.6 Å². The van der Waals surface area contributed by atoms with E-state index in [0.717, 1.165) is 89.9 Å². The topological polar surface area (TPSA) is 78.9 Å². The first-order valence-corrected chi connectivity index (χ1v) is 34.3. The molecule has 0 saturated heterocycles. The van der Waals surface area contributed by atoms with Gasteiger partial charge in [-0.2, -0.15) is 0 Å². The van der Waals surface area contributed by atoms with E-state index in [9.17, 15) is 14.4 Å². The van der Waals surface area contributed by atoms with Crippen molar-refractivity contribution < 1.29 is 28.6 Å². The normalized spacial score (nSPS) is 12.4. The average Bonchev–Trinajstić information content (AvgIpc) is 3.44. The van der Waals surface area contributed by atoms with Crippen LogP contribution in [0.2, 0.25) is 0 Å². The molecule has 0 aliphatic carbocycles. The third-order valence-corrected chi connectivity index (χ3v) is 15.3. The van der Waals surface area contributed by atoms with E-state index in [1.165, 1.54) is 231 Å². The van der Waals surface area contributed by atoms with E-state index in [1.54, 1.807) is 0 Å². The van der Waals surface area contributed by atoms with Gasteiger partial charge in [0.15, 0.2) is 6.10 Å². The summed E-state index contributed by atoms with van der Waals surface area (Å²) in [6.45, 7) is 6.55. The predicted octanol–water partition coefficient (Wildman–Crippen LogP) is 23.5. The van der Waals surface area contributed by atoms with Gasteiger partial charge in [0.25, 0.3) is 0 Å². The minimum atomic E-state index is -0.773. The molecule has 0 aromatic rings. The number of ether oxygens (including phenoxy) is 3. The average molecular weight is 1090 g/mol. The van der Waals surface area contributed by atoms with Crippen molar-refractivity contribution in [2.24, 2.45) is 0 Å². The van der Waals surface area contributed by atoms with E-state index in [-0.39, 0.29) is 31.1 Å². The molecule has 78 heavy (non-hydrogen) atoms. The minimum absolute atomic E-state index is 0.0712. The van der Waals surface area contributed by atoms with Crippen LogP contribution < -0.4 is 0 Å². The maximum absolute atomic E-state index is 12.9. The van der Waals surface area contributed by atoms with Crippen LogP contribution in [0.3, 0.4) is 0 Å². The van der Waals surface area contributed by atoms with Crippen molar-refractivity contribution in [3.05, 3.63) is 60.8 Å². The van der Waals surface area contributed by atoms with Crippen LogP contribution >= 0.6 is 0 Å². The second-order valence-electron chi connectivity index (χ2n) is 23.1. The summed E-state index contributed by atoms with van der Waals surface area (Å²) in [5.41, 5.74) is 0. The molecule has 0 radical (unpaired) electrons. The molecule has 0 aromatic carbocycles. The lowest BCUT2D eigenvalue weighted by Gasteiger charge is -2.18. The number of esters is 3. The number of carbonyl (C=O) groups is 3. The first-order valence-electron chi connectivity index (χ1n) is 34.3. The Bertz CT molecular complexity index is 1390. The lowest BCUT2D eigenvalue weighted by molar-refractivity contribution is -0.167. The number of allylic oxidation sites excluding steroid dienone is 10. The van der Waals surface area contributed by atoms with Gasteiger partial charge in [-0.05, 0) is 83.5 Å². The zero-order chi connectivity index (χ0) is 56.4. The van der Waals surface area contributed by atoms with Crippen molar-refractivity contribution in [2.45, 2.75) is 367 Å². The van der Waals surface area contributed by atoms with E-state index in [1.807, 2.05) is 0 Å². The Morgan fingerprint density at radius 2 is 0.500 bits per heavy atom. The van der Waals surface area contributed by atoms with Gasteiger partial charge in [0.1, 0.15) is 13.2 Å². The van der Waals surface area contributed by atoms with Crippen LogP contribution in [0.25, 0.3) is 0 Å². The molecule has 0 amide bonds. The van der Waals surface area contributed by atoms with Crippen LogP contribution in [-0.4, -0.2) is 37.2 Å². The molecule has 0 aliphatic rings. The summed E-state index contributed by atoms with van der Waals surface area (Å²) >= 11 is 0. The third kappa shape index (κ3) is 63.9. The quantitative estimate of drug-likeness (QED) is 0.0261. The van der Waals surface area contributed by atoms with Gasteiger partial charge in [-0.1, -0.05) is 319 Å². The molecule has 454 valence electrons. The number of hydrogen-bond acceptors (Lipinski definition) is 6. The highest BCUT2D eigenvalue weighted by molar-refractivity contribution is 5.71. The second kappa shape index (κ2) is 66.6. The van der Waals surface area contributed by atoms with Crippen LogP contribution in [0.15, 0.2) is 60.8 Å². The fraction of sp³-hybridized carbons (Fsp3) is 0.819. The standard InChI is InChI=1S/C72H130O6/c1-4-7-10-13-16-19-21-23-25-27-28-29-30-31-32-33-34-35-36-37-38-39-40-41-42-43-44-45-47-48-50-53-56-59-62-65-71(74)77-68-69(67-76-70(73)64-61-58-55-52-18-15-12-9-6-3)78-72(75)66-63-60-57-54-51-49-46-26-24-22-20-17-14-11-8-5-2/h7,10,16,19,23,25-26,28-29,46,69H,4-6,8-9,11-15,17-18,20-22,24,27,30-45,47-68H2,1-3H3/b10-7-,19-16-,25-23-,29-28-,46-26-. The molecule has 0 heterocycles. The SMILES string of the molecule is CC/C=C\C/C=C\C/C=C\C/C=C\CCCCCCCCCCCCCCCCCCCCCCCCC(=O)OCC(COC(=O)CCCCCCCCCCC)OC(=O)CCCCCCC/C=C\CCCCCCCCC. The van der Waals surface area contributed by atoms with Crippen LogP contribution in [0, 0.1) is 0 Å². The molecule has 0 fully saturated rings. The van der Waals surface area contributed by atoms with Gasteiger partial charge in [-0.3, -0.25) is 14.4 Å². The molecule has 6 nitrogen and oxygen atoms in total. The van der Waals surface area contributed by atoms with Crippen molar-refractivity contribution in [2.75, 3.05) is 13.2 Å². The molecule has 0 rings (SSSR count). The summed E-state index contributed by atoms with van der Waals surface area (Å²) in [4.78, 5) is 38.2. The number of unbranched alkanes of at least 4 members (excludes halogenated alkanes) is 42. The van der Waals surface area contributed by atoms with Gasteiger partial charge >= 0.3 is 17.9 Å². The zero-order valence-corrected chi connectivity index (χ0v) is 52.2. The van der Waals surface area contributed by atoms with Gasteiger partial charge in [0.2, 0.25) is 0 Å². The summed E-state index contributed by atoms with van der Waals surface area (Å²) < 4.78 is 16.9. The van der Waals surface area contributed by atoms with Crippen LogP contribution in [0.4, 0.5) is 0 Å². The fourth-order valence-corrected chi connectivity index (χ4v) is 10.1. The van der Waals surface area contributed by atoms with Crippen molar-refractivity contribution in [3.63, 3.8) is 0 Å². The summed E-state index contributed by atoms with van der Waals surface area (Å²) in [5.74, 6) is -0.861. The molecule has 0 spiro atoms. The van der Waals surface area contributed by atoms with Crippen molar-refractivity contribution in [1.29, 1.82) is 0 Å². The van der Waals surface area contributed by atoms with Crippen molar-refractivity contribution in [1.82, 2.24) is 0 Å². The first-order chi connectivity index (χ1) is 38.5. The Labute approximate surface area is 485 Å². The van der Waals surface area contributed by atoms with E-state index >= 15 is 0 Å². The molecular formula is C72H130O6. The molecule has 1 unspecified atom stereocenters. The Morgan fingerprint density at radius 3 is 0.795 bits per heavy atom. The van der Waals surface area contributed by atoms with Gasteiger partial charge in [-0.25, -0.2) is 0 Å². The maximum atomic E-state index is 12.9. The predicted molar refractivity (Wildman–Crippen MR) is 339 cm³/mol. The van der Waals surface area contributed by atoms with Crippen LogP contribution in [0.5, 0.6) is 0 Å². The number of rotatable bonds is 63. The summed E-state index contributed by atoms with van der Waals surface area (Å²) in [6.07, 6.45) is 85.6. The van der Waals surface area contributed by atoms with Gasteiger partial charge in [-0.15, -0.1) is 0 Å². The molecule has 1 atom stereocenters. The third-order valence-electron chi connectivity index (χ3n) is 15.3. The largest absolute Gasteiger partial charge is 0.462 e. The number of hydrogen-bond donors (Lipinski definition) is 0. The lowest BCUT2D eigenvalue weighted by atomic mass is 10.0. The smallest absolute Gasteiger partial charge is 0.306 e. The Morgan fingerprint density at radius 1 is 0.269 bits per heavy atom. The fourth-order valence-electron chi connectivity index (χ4n) is 10.1. The molecule has 0 aliphatic heterocycles. The van der Waals surface area contributed by atoms with E-state index < -0.39 is 6.10 Å². The molecule has 0 bridgehead atoms. The summed E-state index contributed by atoms with van der Waals surface area (Å²) in [7, 11) is 0. The molecule has 0 N–H and O–H groups in total. The van der Waals surface area contributed by atoms with Gasteiger partial charge < -0.3 is 14.2 Å².